The molecule has 4 heterocycles. The number of methoxy groups -OCH3 is 2. The summed E-state index contributed by atoms with van der Waals surface area (Å²) in [5, 5.41) is 5.46. The number of nitrogens with zero attached hydrogens (tertiary/aromatic N) is 6. The summed E-state index contributed by atoms with van der Waals surface area (Å²) in [5.41, 5.74) is 10.0. The fraction of sp³-hybridized carbons (Fsp3) is 0.500. The number of anilines is 4. The van der Waals surface area contributed by atoms with E-state index in [0.717, 1.165) is 93.4 Å². The Kier molecular flexibility index (Phi) is 17.7. The Balaban J connectivity index is 0.000000219. The largest absolute Gasteiger partial charge is 0.399 e. The minimum absolute atomic E-state index is 0.0139. The van der Waals surface area contributed by atoms with E-state index in [-0.39, 0.29) is 35.0 Å². The molecule has 6 aromatic rings. The third-order valence-corrected chi connectivity index (χ3v) is 17.7. The molecule has 18 nitrogen and oxygen atoms in total. The van der Waals surface area contributed by atoms with Gasteiger partial charge in [-0.05, 0) is 178 Å². The van der Waals surface area contributed by atoms with Gasteiger partial charge in [0.1, 0.15) is 22.9 Å². The molecule has 2 saturated heterocycles. The van der Waals surface area contributed by atoms with Crippen molar-refractivity contribution in [1.29, 1.82) is 0 Å². The van der Waals surface area contributed by atoms with Crippen molar-refractivity contribution in [2.45, 2.75) is 121 Å². The first-order chi connectivity index (χ1) is 35.1. The molecule has 8 rings (SSSR count). The highest BCUT2D eigenvalue weighted by Gasteiger charge is 2.33. The van der Waals surface area contributed by atoms with E-state index in [0.29, 0.717) is 40.1 Å². The van der Waals surface area contributed by atoms with Crippen molar-refractivity contribution in [2.75, 3.05) is 73.4 Å². The van der Waals surface area contributed by atoms with Gasteiger partial charge in [-0.2, -0.15) is 0 Å². The third kappa shape index (κ3) is 12.5. The zero-order valence-corrected chi connectivity index (χ0v) is 46.2. The zero-order chi connectivity index (χ0) is 53.6. The molecule has 0 radical (unpaired) electrons. The number of benzene rings is 4. The fourth-order valence-electron chi connectivity index (χ4n) is 9.41. The van der Waals surface area contributed by atoms with Crippen molar-refractivity contribution in [3.05, 3.63) is 96.6 Å². The second kappa shape index (κ2) is 23.4. The number of urea groups is 1. The Morgan fingerprint density at radius 1 is 0.676 bits per heavy atom. The number of fused-ring (bicyclic) bond motifs is 2. The van der Waals surface area contributed by atoms with Crippen molar-refractivity contribution in [3.8, 4) is 0 Å². The van der Waals surface area contributed by atoms with Crippen LogP contribution in [0.1, 0.15) is 92.7 Å². The molecule has 402 valence electrons. The van der Waals surface area contributed by atoms with Crippen LogP contribution < -0.4 is 25.0 Å². The smallest absolute Gasteiger partial charge is 0.319 e. The van der Waals surface area contributed by atoms with Gasteiger partial charge in [-0.1, -0.05) is 0 Å². The molecule has 0 bridgehead atoms. The first-order valence-electron chi connectivity index (χ1n) is 25.5. The van der Waals surface area contributed by atoms with Crippen LogP contribution in [0.3, 0.4) is 0 Å². The summed E-state index contributed by atoms with van der Waals surface area (Å²) < 4.78 is 84.0. The van der Waals surface area contributed by atoms with Crippen LogP contribution in [-0.2, 0) is 63.3 Å². The number of carbonyl (C=O) groups excluding carboxylic acids is 1. The van der Waals surface area contributed by atoms with Crippen LogP contribution in [0.2, 0.25) is 0 Å². The number of nitrogens with two attached hydrogens (primary N) is 1. The maximum atomic E-state index is 13.7. The number of imidazole rings is 2. The predicted octanol–water partition coefficient (Wildman–Crippen LogP) is 9.23. The number of amides is 2. The maximum absolute atomic E-state index is 13.7. The third-order valence-electron chi connectivity index (χ3n) is 13.9. The predicted molar refractivity (Wildman–Crippen MR) is 292 cm³/mol. The first-order valence-corrected chi connectivity index (χ1v) is 28.4. The molecular formula is C54H75N9O9S2. The van der Waals surface area contributed by atoms with Gasteiger partial charge in [-0.25, -0.2) is 31.6 Å². The molecule has 2 aromatic heterocycles. The van der Waals surface area contributed by atoms with Crippen LogP contribution in [0, 0.1) is 11.8 Å². The summed E-state index contributed by atoms with van der Waals surface area (Å²) in [4.78, 5) is 22.2. The fourth-order valence-corrected chi connectivity index (χ4v) is 12.3. The van der Waals surface area contributed by atoms with E-state index in [1.165, 1.54) is 32.9 Å². The second-order valence-electron chi connectivity index (χ2n) is 20.2. The number of carbonyl (C=O) groups is 1. The number of aromatic nitrogens is 4. The van der Waals surface area contributed by atoms with Gasteiger partial charge in [0.15, 0.2) is 0 Å². The molecule has 0 aliphatic carbocycles. The summed E-state index contributed by atoms with van der Waals surface area (Å²) >= 11 is 0. The second-order valence-corrected chi connectivity index (χ2v) is 23.9. The van der Waals surface area contributed by atoms with E-state index >= 15 is 0 Å². The van der Waals surface area contributed by atoms with Crippen LogP contribution >= 0.6 is 0 Å². The van der Waals surface area contributed by atoms with Crippen LogP contribution in [0.4, 0.5) is 27.5 Å². The normalized spacial score (nSPS) is 15.3. The molecular weight excluding hydrogens is 983 g/mol. The van der Waals surface area contributed by atoms with E-state index in [2.05, 4.69) is 19.8 Å². The van der Waals surface area contributed by atoms with Gasteiger partial charge >= 0.3 is 6.03 Å². The number of hydrogen-bond donors (Lipinski definition) is 3. The summed E-state index contributed by atoms with van der Waals surface area (Å²) in [7, 11) is -4.25. The molecule has 20 heteroatoms. The lowest BCUT2D eigenvalue weighted by Crippen LogP contribution is -2.34. The molecule has 74 heavy (non-hydrogen) atoms. The van der Waals surface area contributed by atoms with Gasteiger partial charge in [-0.15, -0.1) is 0 Å². The molecule has 0 saturated carbocycles. The van der Waals surface area contributed by atoms with Gasteiger partial charge in [0.05, 0.1) is 43.2 Å². The van der Waals surface area contributed by atoms with Crippen molar-refractivity contribution in [1.82, 2.24) is 24.4 Å². The Bertz CT molecular complexity index is 3090. The lowest BCUT2D eigenvalue weighted by atomic mass is 9.99. The Labute approximate surface area is 437 Å². The lowest BCUT2D eigenvalue weighted by Gasteiger charge is -2.27. The molecule has 2 aliphatic heterocycles. The molecule has 2 amide bonds. The van der Waals surface area contributed by atoms with Gasteiger partial charge in [0, 0.05) is 84.2 Å². The summed E-state index contributed by atoms with van der Waals surface area (Å²) in [6, 6.07) is 23.4. The summed E-state index contributed by atoms with van der Waals surface area (Å²) in [5.74, 6) is 2.61. The van der Waals surface area contributed by atoms with Gasteiger partial charge in [0.25, 0.3) is 20.0 Å². The number of rotatable bonds is 18. The van der Waals surface area contributed by atoms with Crippen LogP contribution in [-0.4, -0.2) is 102 Å². The van der Waals surface area contributed by atoms with Gasteiger partial charge in [-0.3, -0.25) is 8.61 Å². The minimum atomic E-state index is -3.86. The molecule has 2 aliphatic rings. The van der Waals surface area contributed by atoms with E-state index < -0.39 is 31.2 Å². The van der Waals surface area contributed by atoms with Crippen molar-refractivity contribution < 1.29 is 40.6 Å². The molecule has 2 fully saturated rings. The SMILES string of the molecule is CCN(c1ccc2c(c1)nc(C(C)(C)OC)n2CC1CCOCC1)S(=O)(=O)c1ccc(N)cc1.CCN(c1ccc2c(c1)nc(C(C)(C)OC)n2CC1CCOCC1)S(=O)(=O)c1ccc(NC(=O)NC(C)C)cc1. The van der Waals surface area contributed by atoms with Crippen LogP contribution in [0.15, 0.2) is 94.7 Å². The molecule has 4 N–H and O–H groups in total. The molecule has 0 unspecified atom stereocenters. The lowest BCUT2D eigenvalue weighted by molar-refractivity contribution is 0.00661. The standard InChI is InChI=1S/C29H41N5O5S.C25H34N4O4S/c1-7-34(40(36,37)24-11-8-22(9-12-24)31-28(35)30-20(2)3)23-10-13-26-25(18-23)32-27(29(4,5)38-6)33(26)19-21-14-16-39-17-15-21;1-5-29(34(30,31)21-9-6-19(26)7-10-21)20-8-11-23-22(16-20)27-24(25(2,3)32-4)28(23)17-18-12-14-33-15-13-18/h8-13,18,20-21H,7,14-17,19H2,1-6H3,(H2,30,31,35);6-11,16,18H,5,12-15,17,26H2,1-4H3. The number of nitrogen functional groups attached to an aromatic ring is 1. The van der Waals surface area contributed by atoms with E-state index in [1.807, 2.05) is 84.9 Å². The highest BCUT2D eigenvalue weighted by atomic mass is 32.2. The molecule has 0 atom stereocenters. The summed E-state index contributed by atoms with van der Waals surface area (Å²) in [6.45, 7) is 20.6. The minimum Gasteiger partial charge on any atom is -0.399 e. The summed E-state index contributed by atoms with van der Waals surface area (Å²) in [6.07, 6.45) is 3.99. The topological polar surface area (TPSA) is 214 Å². The maximum Gasteiger partial charge on any atom is 0.319 e. The highest BCUT2D eigenvalue weighted by Crippen LogP contribution is 2.36. The van der Waals surface area contributed by atoms with E-state index in [1.54, 1.807) is 45.4 Å². The highest BCUT2D eigenvalue weighted by molar-refractivity contribution is 7.93. The monoisotopic (exact) mass is 1060 g/mol. The Morgan fingerprint density at radius 2 is 1.07 bits per heavy atom. The van der Waals surface area contributed by atoms with Crippen molar-refractivity contribution in [2.24, 2.45) is 11.8 Å². The number of hydrogen-bond acceptors (Lipinski definition) is 12. The van der Waals surface area contributed by atoms with Gasteiger partial charge < -0.3 is 44.4 Å². The average molecular weight is 1060 g/mol. The van der Waals surface area contributed by atoms with Crippen LogP contribution in [0.25, 0.3) is 22.1 Å². The van der Waals surface area contributed by atoms with Crippen molar-refractivity contribution in [3.63, 3.8) is 0 Å². The Morgan fingerprint density at radius 3 is 1.43 bits per heavy atom. The molecule has 0 spiro atoms. The average Bonchev–Trinajstić information content (AvgIpc) is 3.93. The quantitative estimate of drug-likeness (QED) is 0.0687. The van der Waals surface area contributed by atoms with E-state index in [9.17, 15) is 21.6 Å². The van der Waals surface area contributed by atoms with E-state index in [4.69, 9.17) is 34.6 Å². The molecule has 4 aromatic carbocycles. The van der Waals surface area contributed by atoms with Crippen molar-refractivity contribution >= 4 is 70.9 Å². The van der Waals surface area contributed by atoms with Gasteiger partial charge in [0.2, 0.25) is 0 Å². The zero-order valence-electron chi connectivity index (χ0n) is 44.6. The number of ether oxygens (including phenoxy) is 4. The Hall–Kier alpha value is -5.77. The first kappa shape index (κ1) is 56.0. The number of sulfonamides is 2. The number of nitrogens with one attached hydrogen (secondary N) is 2. The van der Waals surface area contributed by atoms with Crippen LogP contribution in [0.5, 0.6) is 0 Å².